The van der Waals surface area contributed by atoms with Crippen molar-refractivity contribution in [3.05, 3.63) is 72.0 Å². The van der Waals surface area contributed by atoms with Crippen LogP contribution in [0.4, 0.5) is 5.69 Å². The Morgan fingerprint density at radius 2 is 1.87 bits per heavy atom. The molecule has 0 amide bonds. The number of rotatable bonds is 5. The number of nitrogens with one attached hydrogen (secondary N) is 1. The van der Waals surface area contributed by atoms with E-state index in [1.54, 1.807) is 12.1 Å². The van der Waals surface area contributed by atoms with Crippen molar-refractivity contribution in [1.82, 2.24) is 5.16 Å². The predicted octanol–water partition coefficient (Wildman–Crippen LogP) is 3.74. The minimum atomic E-state index is -0.348. The first kappa shape index (κ1) is 14.8. The molecule has 3 rings (SSSR count). The Hall–Kier alpha value is -3.08. The Balaban J connectivity index is 1.63. The van der Waals surface area contributed by atoms with Crippen LogP contribution in [0.25, 0.3) is 11.3 Å². The quantitative estimate of drug-likeness (QED) is 0.727. The average molecular weight is 308 g/mol. The van der Waals surface area contributed by atoms with E-state index in [0.717, 1.165) is 22.7 Å². The van der Waals surface area contributed by atoms with Gasteiger partial charge in [-0.25, -0.2) is 4.79 Å². The predicted molar refractivity (Wildman–Crippen MR) is 87.0 cm³/mol. The third-order valence-electron chi connectivity index (χ3n) is 3.40. The third-order valence-corrected chi connectivity index (χ3v) is 3.40. The Bertz CT molecular complexity index is 780. The molecule has 0 saturated carbocycles. The van der Waals surface area contributed by atoms with E-state index < -0.39 is 0 Å². The van der Waals surface area contributed by atoms with E-state index >= 15 is 0 Å². The Kier molecular flexibility index (Phi) is 4.38. The third kappa shape index (κ3) is 3.58. The fourth-order valence-electron chi connectivity index (χ4n) is 2.17. The molecular formula is C18H16N2O3. The highest BCUT2D eigenvalue weighted by Crippen LogP contribution is 2.19. The van der Waals surface area contributed by atoms with Crippen molar-refractivity contribution in [2.45, 2.75) is 6.54 Å². The van der Waals surface area contributed by atoms with Crippen LogP contribution in [-0.2, 0) is 11.3 Å². The molecular weight excluding hydrogens is 292 g/mol. The van der Waals surface area contributed by atoms with Gasteiger partial charge in [-0.2, -0.15) is 0 Å². The smallest absolute Gasteiger partial charge is 0.337 e. The Morgan fingerprint density at radius 1 is 1.13 bits per heavy atom. The molecule has 0 spiro atoms. The van der Waals surface area contributed by atoms with Crippen molar-refractivity contribution in [2.75, 3.05) is 12.4 Å². The molecule has 1 heterocycles. The first-order valence-corrected chi connectivity index (χ1v) is 7.19. The summed E-state index contributed by atoms with van der Waals surface area (Å²) in [6.45, 7) is 0.511. The molecule has 23 heavy (non-hydrogen) atoms. The molecule has 3 aromatic rings. The van der Waals surface area contributed by atoms with Gasteiger partial charge in [-0.1, -0.05) is 35.5 Å². The van der Waals surface area contributed by atoms with Gasteiger partial charge in [-0.3, -0.25) is 0 Å². The standard InChI is InChI=1S/C18H16N2O3/c1-22-18(21)14-7-9-15(10-8-14)19-12-16-11-17(20-23-16)13-5-3-2-4-6-13/h2-11,19H,12H2,1H3. The molecule has 2 aromatic carbocycles. The molecule has 0 unspecified atom stereocenters. The topological polar surface area (TPSA) is 64.4 Å². The highest BCUT2D eigenvalue weighted by atomic mass is 16.5. The molecule has 0 saturated heterocycles. The summed E-state index contributed by atoms with van der Waals surface area (Å²) < 4.78 is 10.0. The maximum Gasteiger partial charge on any atom is 0.337 e. The zero-order valence-corrected chi connectivity index (χ0v) is 12.7. The molecule has 0 aliphatic carbocycles. The second-order valence-corrected chi connectivity index (χ2v) is 4.97. The minimum Gasteiger partial charge on any atom is -0.465 e. The Morgan fingerprint density at radius 3 is 2.57 bits per heavy atom. The summed E-state index contributed by atoms with van der Waals surface area (Å²) in [5.74, 6) is 0.389. The van der Waals surface area contributed by atoms with Gasteiger partial charge in [0.1, 0.15) is 5.69 Å². The number of aromatic nitrogens is 1. The molecule has 5 heteroatoms. The molecule has 1 N–H and O–H groups in total. The van der Waals surface area contributed by atoms with E-state index in [1.807, 2.05) is 48.5 Å². The number of hydrogen-bond acceptors (Lipinski definition) is 5. The van der Waals surface area contributed by atoms with Gasteiger partial charge in [-0.15, -0.1) is 0 Å². The van der Waals surface area contributed by atoms with Crippen molar-refractivity contribution in [2.24, 2.45) is 0 Å². The second kappa shape index (κ2) is 6.79. The number of methoxy groups -OCH3 is 1. The highest BCUT2D eigenvalue weighted by molar-refractivity contribution is 5.89. The van der Waals surface area contributed by atoms with Crippen molar-refractivity contribution < 1.29 is 14.1 Å². The van der Waals surface area contributed by atoms with Crippen LogP contribution in [0.3, 0.4) is 0 Å². The first-order valence-electron chi connectivity index (χ1n) is 7.19. The van der Waals surface area contributed by atoms with Gasteiger partial charge in [0.2, 0.25) is 0 Å². The first-order chi connectivity index (χ1) is 11.3. The van der Waals surface area contributed by atoms with Crippen LogP contribution in [0.1, 0.15) is 16.1 Å². The van der Waals surface area contributed by atoms with E-state index in [-0.39, 0.29) is 5.97 Å². The van der Waals surface area contributed by atoms with Gasteiger partial charge >= 0.3 is 5.97 Å². The summed E-state index contributed by atoms with van der Waals surface area (Å²) in [4.78, 5) is 11.4. The molecule has 5 nitrogen and oxygen atoms in total. The van der Waals surface area contributed by atoms with Crippen LogP contribution in [0, 0.1) is 0 Å². The van der Waals surface area contributed by atoms with Gasteiger partial charge in [0.25, 0.3) is 0 Å². The zero-order chi connectivity index (χ0) is 16.1. The van der Waals surface area contributed by atoms with Crippen LogP contribution in [0.2, 0.25) is 0 Å². The molecule has 1 aromatic heterocycles. The monoisotopic (exact) mass is 308 g/mol. The molecule has 0 aliphatic rings. The number of anilines is 1. The van der Waals surface area contributed by atoms with Gasteiger partial charge in [0.05, 0.1) is 19.2 Å². The zero-order valence-electron chi connectivity index (χ0n) is 12.7. The number of benzene rings is 2. The van der Waals surface area contributed by atoms with Crippen molar-refractivity contribution in [3.63, 3.8) is 0 Å². The van der Waals surface area contributed by atoms with Crippen molar-refractivity contribution in [1.29, 1.82) is 0 Å². The van der Waals surface area contributed by atoms with E-state index in [0.29, 0.717) is 12.1 Å². The lowest BCUT2D eigenvalue weighted by atomic mass is 10.1. The maximum atomic E-state index is 11.4. The van der Waals surface area contributed by atoms with Gasteiger partial charge in [0.15, 0.2) is 5.76 Å². The number of carbonyl (C=O) groups is 1. The summed E-state index contributed by atoms with van der Waals surface area (Å²) in [7, 11) is 1.36. The molecule has 116 valence electrons. The number of hydrogen-bond donors (Lipinski definition) is 1. The number of nitrogens with zero attached hydrogens (tertiary/aromatic N) is 1. The van der Waals surface area contributed by atoms with Crippen LogP contribution in [0.5, 0.6) is 0 Å². The fraction of sp³-hybridized carbons (Fsp3) is 0.111. The van der Waals surface area contributed by atoms with Gasteiger partial charge < -0.3 is 14.6 Å². The lowest BCUT2D eigenvalue weighted by Gasteiger charge is -2.04. The fourth-order valence-corrected chi connectivity index (χ4v) is 2.17. The van der Waals surface area contributed by atoms with Gasteiger partial charge in [-0.05, 0) is 24.3 Å². The van der Waals surface area contributed by atoms with E-state index in [1.165, 1.54) is 7.11 Å². The summed E-state index contributed by atoms with van der Waals surface area (Å²) in [5, 5.41) is 7.29. The lowest BCUT2D eigenvalue weighted by molar-refractivity contribution is 0.0601. The van der Waals surface area contributed by atoms with E-state index in [9.17, 15) is 4.79 Å². The molecule has 0 bridgehead atoms. The minimum absolute atomic E-state index is 0.348. The lowest BCUT2D eigenvalue weighted by Crippen LogP contribution is -2.02. The van der Waals surface area contributed by atoms with Crippen molar-refractivity contribution >= 4 is 11.7 Å². The summed E-state index contributed by atoms with van der Waals surface area (Å²) >= 11 is 0. The highest BCUT2D eigenvalue weighted by Gasteiger charge is 2.07. The summed E-state index contributed by atoms with van der Waals surface area (Å²) in [5.41, 5.74) is 3.23. The number of ether oxygens (including phenoxy) is 1. The van der Waals surface area contributed by atoms with Crippen LogP contribution in [-0.4, -0.2) is 18.2 Å². The van der Waals surface area contributed by atoms with Gasteiger partial charge in [0, 0.05) is 17.3 Å². The maximum absolute atomic E-state index is 11.4. The largest absolute Gasteiger partial charge is 0.465 e. The molecule has 0 radical (unpaired) electrons. The molecule has 0 fully saturated rings. The SMILES string of the molecule is COC(=O)c1ccc(NCc2cc(-c3ccccc3)no2)cc1. The van der Waals surface area contributed by atoms with E-state index in [4.69, 9.17) is 4.52 Å². The molecule has 0 aliphatic heterocycles. The second-order valence-electron chi connectivity index (χ2n) is 4.97. The summed E-state index contributed by atoms with van der Waals surface area (Å²) in [6.07, 6.45) is 0. The van der Waals surface area contributed by atoms with Crippen LogP contribution < -0.4 is 5.32 Å². The van der Waals surface area contributed by atoms with Crippen LogP contribution >= 0.6 is 0 Å². The normalized spacial score (nSPS) is 10.3. The number of esters is 1. The average Bonchev–Trinajstić information content (AvgIpc) is 3.09. The Labute approximate surface area is 133 Å². The van der Waals surface area contributed by atoms with Crippen molar-refractivity contribution in [3.8, 4) is 11.3 Å². The summed E-state index contributed by atoms with van der Waals surface area (Å²) in [6, 6.07) is 18.8. The number of carbonyl (C=O) groups excluding carboxylic acids is 1. The molecule has 0 atom stereocenters. The van der Waals surface area contributed by atoms with Crippen LogP contribution in [0.15, 0.2) is 65.2 Å². The van der Waals surface area contributed by atoms with E-state index in [2.05, 4.69) is 15.2 Å².